The minimum absolute atomic E-state index is 0.167. The molecular weight excluding hydrogens is 644 g/mol. The Labute approximate surface area is 289 Å². The first-order chi connectivity index (χ1) is 23.9. The molecule has 1 aromatic heterocycles. The molecule has 0 unspecified atom stereocenters. The Morgan fingerprint density at radius 1 is 1.00 bits per heavy atom. The van der Waals surface area contributed by atoms with Crippen LogP contribution in [-0.4, -0.2) is 88.7 Å². The van der Waals surface area contributed by atoms with E-state index in [1.807, 2.05) is 36.4 Å². The maximum Gasteiger partial charge on any atom is 0.328 e. The molecule has 1 fully saturated rings. The lowest BCUT2D eigenvalue weighted by Gasteiger charge is -2.32. The normalized spacial score (nSPS) is 14.6. The Bertz CT molecular complexity index is 1890. The molecular formula is C35H35ClN10O3. The summed E-state index contributed by atoms with van der Waals surface area (Å²) in [5.41, 5.74) is 6.08. The molecule has 3 heterocycles. The van der Waals surface area contributed by atoms with Crippen molar-refractivity contribution >= 4 is 64.6 Å². The van der Waals surface area contributed by atoms with Gasteiger partial charge in [0, 0.05) is 62.0 Å². The van der Waals surface area contributed by atoms with Gasteiger partial charge in [0.05, 0.1) is 25.9 Å². The van der Waals surface area contributed by atoms with E-state index in [4.69, 9.17) is 27.9 Å². The summed E-state index contributed by atoms with van der Waals surface area (Å²) in [4.78, 5) is 50.1. The van der Waals surface area contributed by atoms with Crippen LogP contribution in [0.3, 0.4) is 0 Å². The number of aliphatic imine (C=N–C) groups is 1. The Kier molecular flexibility index (Phi) is 10.6. The topological polar surface area (TPSA) is 141 Å². The number of carbonyl (C=O) groups is 2. The van der Waals surface area contributed by atoms with Gasteiger partial charge >= 0.3 is 5.97 Å². The third-order valence-corrected chi connectivity index (χ3v) is 8.48. The number of anilines is 4. The number of nitrogens with one attached hydrogen (secondary N) is 3. The molecule has 0 spiro atoms. The predicted octanol–water partition coefficient (Wildman–Crippen LogP) is 5.03. The number of amides is 1. The molecule has 0 bridgehead atoms. The lowest BCUT2D eigenvalue weighted by Crippen LogP contribution is -2.45. The van der Waals surface area contributed by atoms with Gasteiger partial charge in [-0.25, -0.2) is 9.64 Å². The summed E-state index contributed by atoms with van der Waals surface area (Å²) in [5, 5.41) is 10.3. The quantitative estimate of drug-likeness (QED) is 0.100. The van der Waals surface area contributed by atoms with Crippen LogP contribution in [0.4, 0.5) is 34.9 Å². The SMILES string of the molecule is [C-]#[N+]c1ccc(C[C@H](Nc2nc(NCC3=Nc4cc(Cl)ccc4C3)nc(Nc3cccc(CN4CCN(C=O)CC4)c3)n2)C(=O)OC)cc1. The van der Waals surface area contributed by atoms with Gasteiger partial charge in [0.2, 0.25) is 24.3 Å². The highest BCUT2D eigenvalue weighted by atomic mass is 35.5. The molecule has 1 amide bonds. The van der Waals surface area contributed by atoms with E-state index in [-0.39, 0.29) is 24.3 Å². The first-order valence-corrected chi connectivity index (χ1v) is 16.2. The Hall–Kier alpha value is -5.58. The van der Waals surface area contributed by atoms with Gasteiger partial charge in [0.25, 0.3) is 0 Å². The highest BCUT2D eigenvalue weighted by Crippen LogP contribution is 2.29. The fourth-order valence-corrected chi connectivity index (χ4v) is 5.84. The average Bonchev–Trinajstić information content (AvgIpc) is 3.53. The molecule has 14 heteroatoms. The van der Waals surface area contributed by atoms with Crippen molar-refractivity contribution in [1.29, 1.82) is 0 Å². The van der Waals surface area contributed by atoms with Crippen LogP contribution in [0.25, 0.3) is 4.85 Å². The molecule has 4 aromatic rings. The number of fused-ring (bicyclic) bond motifs is 1. The fraction of sp³-hybridized carbons (Fsp3) is 0.286. The third kappa shape index (κ3) is 8.86. The second-order valence-corrected chi connectivity index (χ2v) is 12.2. The van der Waals surface area contributed by atoms with Gasteiger partial charge < -0.3 is 25.6 Å². The number of esters is 1. The number of piperazine rings is 1. The Balaban J connectivity index is 1.22. The summed E-state index contributed by atoms with van der Waals surface area (Å²) < 4.78 is 5.10. The highest BCUT2D eigenvalue weighted by Gasteiger charge is 2.23. The second kappa shape index (κ2) is 15.5. The summed E-state index contributed by atoms with van der Waals surface area (Å²) >= 11 is 6.17. The number of halogens is 1. The number of hydrogen-bond donors (Lipinski definition) is 3. The van der Waals surface area contributed by atoms with Crippen molar-refractivity contribution in [3.63, 3.8) is 0 Å². The van der Waals surface area contributed by atoms with Gasteiger partial charge in [-0.3, -0.25) is 14.7 Å². The lowest BCUT2D eigenvalue weighted by molar-refractivity contribution is -0.141. The molecule has 3 aromatic carbocycles. The molecule has 6 rings (SSSR count). The van der Waals surface area contributed by atoms with Crippen molar-refractivity contribution in [2.24, 2.45) is 4.99 Å². The van der Waals surface area contributed by atoms with Crippen molar-refractivity contribution in [1.82, 2.24) is 24.8 Å². The van der Waals surface area contributed by atoms with Crippen LogP contribution in [0.2, 0.25) is 5.02 Å². The molecule has 3 N–H and O–H groups in total. The van der Waals surface area contributed by atoms with E-state index in [1.165, 1.54) is 7.11 Å². The van der Waals surface area contributed by atoms with Gasteiger partial charge in [-0.15, -0.1) is 0 Å². The van der Waals surface area contributed by atoms with Gasteiger partial charge in [-0.05, 0) is 41.0 Å². The maximum atomic E-state index is 12.9. The fourth-order valence-electron chi connectivity index (χ4n) is 5.67. The zero-order valence-electron chi connectivity index (χ0n) is 26.9. The van der Waals surface area contributed by atoms with Crippen molar-refractivity contribution in [3.8, 4) is 0 Å². The van der Waals surface area contributed by atoms with Crippen molar-refractivity contribution in [2.75, 3.05) is 55.8 Å². The summed E-state index contributed by atoms with van der Waals surface area (Å²) in [5.74, 6) is 0.231. The van der Waals surface area contributed by atoms with Crippen LogP contribution in [0.15, 0.2) is 71.7 Å². The van der Waals surface area contributed by atoms with E-state index in [9.17, 15) is 9.59 Å². The molecule has 49 heavy (non-hydrogen) atoms. The third-order valence-electron chi connectivity index (χ3n) is 8.25. The Morgan fingerprint density at radius 3 is 2.53 bits per heavy atom. The largest absolute Gasteiger partial charge is 0.467 e. The van der Waals surface area contributed by atoms with Crippen molar-refractivity contribution < 1.29 is 14.3 Å². The minimum Gasteiger partial charge on any atom is -0.467 e. The molecule has 2 aliphatic rings. The van der Waals surface area contributed by atoms with E-state index in [0.29, 0.717) is 36.8 Å². The number of benzene rings is 3. The number of rotatable bonds is 13. The van der Waals surface area contributed by atoms with Crippen LogP contribution in [-0.2, 0) is 33.7 Å². The zero-order valence-corrected chi connectivity index (χ0v) is 27.7. The van der Waals surface area contributed by atoms with Crippen molar-refractivity contribution in [3.05, 3.63) is 99.9 Å². The highest BCUT2D eigenvalue weighted by molar-refractivity contribution is 6.31. The summed E-state index contributed by atoms with van der Waals surface area (Å²) in [6, 6.07) is 19.9. The van der Waals surface area contributed by atoms with Crippen LogP contribution < -0.4 is 16.0 Å². The van der Waals surface area contributed by atoms with E-state index in [1.54, 1.807) is 29.2 Å². The number of nitrogens with zero attached hydrogens (tertiary/aromatic N) is 7. The van der Waals surface area contributed by atoms with Crippen LogP contribution in [0.1, 0.15) is 16.7 Å². The molecule has 1 saturated heterocycles. The van der Waals surface area contributed by atoms with E-state index in [0.717, 1.165) is 59.8 Å². The van der Waals surface area contributed by atoms with Crippen LogP contribution in [0, 0.1) is 6.57 Å². The smallest absolute Gasteiger partial charge is 0.328 e. The number of ether oxygens (including phenoxy) is 1. The summed E-state index contributed by atoms with van der Waals surface area (Å²) in [6.45, 7) is 11.4. The Morgan fingerprint density at radius 2 is 1.78 bits per heavy atom. The molecule has 1 atom stereocenters. The van der Waals surface area contributed by atoms with Gasteiger partial charge in [-0.1, -0.05) is 54.1 Å². The number of carbonyl (C=O) groups excluding carboxylic acids is 2. The van der Waals surface area contributed by atoms with E-state index < -0.39 is 12.0 Å². The van der Waals surface area contributed by atoms with E-state index >= 15 is 0 Å². The molecule has 0 aliphatic carbocycles. The first kappa shape index (κ1) is 33.3. The standard InChI is InChI=1S/C35H35ClN10O3/c1-37-27-10-6-23(7-11-27)17-31(32(48)49-2)41-35-43-33(38-20-29-18-25-8-9-26(36)19-30(25)39-29)42-34(44-35)40-28-5-3-4-24(16-28)21-45-12-14-46(22-47)15-13-45/h3-11,16,19,22,31H,12-15,17-18,20-21H2,2H3,(H3,38,40,41,42,43,44)/t31-/m0/s1. The second-order valence-electron chi connectivity index (χ2n) is 11.7. The molecule has 250 valence electrons. The monoisotopic (exact) mass is 678 g/mol. The molecule has 0 radical (unpaired) electrons. The van der Waals surface area contributed by atoms with E-state index in [2.05, 4.69) is 46.7 Å². The number of hydrogen-bond acceptors (Lipinski definition) is 11. The maximum absolute atomic E-state index is 12.9. The number of methoxy groups -OCH3 is 1. The minimum atomic E-state index is -0.812. The predicted molar refractivity (Wildman–Crippen MR) is 189 cm³/mol. The molecule has 2 aliphatic heterocycles. The van der Waals surface area contributed by atoms with Crippen molar-refractivity contribution in [2.45, 2.75) is 25.4 Å². The van der Waals surface area contributed by atoms with Gasteiger partial charge in [0.1, 0.15) is 6.04 Å². The lowest BCUT2D eigenvalue weighted by atomic mass is 10.1. The molecule has 13 nitrogen and oxygen atoms in total. The van der Waals surface area contributed by atoms with Crippen LogP contribution >= 0.6 is 11.6 Å². The summed E-state index contributed by atoms with van der Waals surface area (Å²) in [7, 11) is 1.33. The average molecular weight is 679 g/mol. The summed E-state index contributed by atoms with van der Waals surface area (Å²) in [6.07, 6.45) is 1.86. The van der Waals surface area contributed by atoms with Crippen LogP contribution in [0.5, 0.6) is 0 Å². The molecule has 0 saturated carbocycles. The van der Waals surface area contributed by atoms with Gasteiger partial charge in [-0.2, -0.15) is 15.0 Å². The zero-order chi connectivity index (χ0) is 34.2. The van der Waals surface area contributed by atoms with Gasteiger partial charge in [0.15, 0.2) is 5.69 Å². The number of aromatic nitrogens is 3. The first-order valence-electron chi connectivity index (χ1n) is 15.8.